The van der Waals surface area contributed by atoms with Crippen LogP contribution in [0.5, 0.6) is 5.88 Å². The second-order valence-corrected chi connectivity index (χ2v) is 7.37. The van der Waals surface area contributed by atoms with Crippen molar-refractivity contribution in [2.45, 2.75) is 33.9 Å². The molecule has 0 saturated heterocycles. The summed E-state index contributed by atoms with van der Waals surface area (Å²) in [6, 6.07) is 14.9. The highest BCUT2D eigenvalue weighted by Gasteiger charge is 2.17. The van der Waals surface area contributed by atoms with E-state index in [4.69, 9.17) is 0 Å². The summed E-state index contributed by atoms with van der Waals surface area (Å²) in [6.07, 6.45) is 0. The maximum Gasteiger partial charge on any atom is 0.262 e. The predicted molar refractivity (Wildman–Crippen MR) is 114 cm³/mol. The van der Waals surface area contributed by atoms with Crippen LogP contribution in [0.3, 0.4) is 0 Å². The largest absolute Gasteiger partial charge is 0.493 e. The third kappa shape index (κ3) is 3.29. The molecule has 4 rings (SSSR count). The maximum absolute atomic E-state index is 12.8. The number of nitrogens with zero attached hydrogens (tertiary/aromatic N) is 5. The number of benzene rings is 2. The molecule has 7 heteroatoms. The third-order valence-corrected chi connectivity index (χ3v) is 4.86. The lowest BCUT2D eigenvalue weighted by atomic mass is 10.2. The molecule has 0 saturated carbocycles. The Morgan fingerprint density at radius 3 is 2.41 bits per heavy atom. The molecule has 2 aromatic carbocycles. The van der Waals surface area contributed by atoms with Crippen LogP contribution in [-0.2, 0) is 13.1 Å². The van der Waals surface area contributed by atoms with Gasteiger partial charge in [-0.15, -0.1) is 10.2 Å². The monoisotopic (exact) mass is 389 g/mol. The summed E-state index contributed by atoms with van der Waals surface area (Å²) in [5.41, 5.74) is 1.69. The summed E-state index contributed by atoms with van der Waals surface area (Å²) in [7, 11) is 0. The van der Waals surface area contributed by atoms with Crippen LogP contribution in [-0.4, -0.2) is 19.2 Å². The van der Waals surface area contributed by atoms with Gasteiger partial charge in [-0.25, -0.2) is 4.98 Å². The minimum Gasteiger partial charge on any atom is -0.493 e. The maximum atomic E-state index is 12.8. The van der Waals surface area contributed by atoms with Crippen LogP contribution in [0.4, 0.5) is 11.6 Å². The van der Waals surface area contributed by atoms with E-state index in [-0.39, 0.29) is 17.4 Å². The molecule has 2 heterocycles. The number of hydrogen-bond donors (Lipinski definition) is 1. The highest BCUT2D eigenvalue weighted by molar-refractivity contribution is 5.95. The van der Waals surface area contributed by atoms with Gasteiger partial charge in [0.2, 0.25) is 5.88 Å². The Morgan fingerprint density at radius 2 is 1.69 bits per heavy atom. The molecular weight excluding hydrogens is 366 g/mol. The van der Waals surface area contributed by atoms with Gasteiger partial charge < -0.3 is 9.67 Å². The van der Waals surface area contributed by atoms with Crippen molar-refractivity contribution in [1.29, 1.82) is 0 Å². The predicted octanol–water partition coefficient (Wildman–Crippen LogP) is 5.15. The zero-order chi connectivity index (χ0) is 20.5. The van der Waals surface area contributed by atoms with Crippen molar-refractivity contribution in [3.05, 3.63) is 58.9 Å². The first-order chi connectivity index (χ1) is 14.0. The first-order valence-electron chi connectivity index (χ1n) is 9.72. The number of rotatable bonds is 5. The summed E-state index contributed by atoms with van der Waals surface area (Å²) in [4.78, 5) is 17.3. The molecule has 0 fully saturated rings. The van der Waals surface area contributed by atoms with Crippen molar-refractivity contribution in [2.24, 2.45) is 16.1 Å². The van der Waals surface area contributed by atoms with Crippen molar-refractivity contribution in [3.8, 4) is 5.88 Å². The van der Waals surface area contributed by atoms with E-state index in [0.29, 0.717) is 35.6 Å². The van der Waals surface area contributed by atoms with Crippen molar-refractivity contribution >= 4 is 33.4 Å². The second-order valence-electron chi connectivity index (χ2n) is 7.37. The van der Waals surface area contributed by atoms with Gasteiger partial charge in [0.1, 0.15) is 0 Å². The van der Waals surface area contributed by atoms with Crippen LogP contribution in [0, 0.1) is 5.92 Å². The number of para-hydroxylation sites is 2. The van der Waals surface area contributed by atoms with Gasteiger partial charge in [0.05, 0.1) is 16.4 Å². The van der Waals surface area contributed by atoms with Crippen molar-refractivity contribution in [2.75, 3.05) is 0 Å². The molecule has 0 atom stereocenters. The molecule has 1 N–H and O–H groups in total. The van der Waals surface area contributed by atoms with E-state index in [0.717, 1.165) is 10.9 Å². The highest BCUT2D eigenvalue weighted by atomic mass is 16.3. The molecule has 0 unspecified atom stereocenters. The zero-order valence-corrected chi connectivity index (χ0v) is 16.7. The molecule has 0 spiro atoms. The summed E-state index contributed by atoms with van der Waals surface area (Å²) in [6.45, 7) is 7.13. The van der Waals surface area contributed by atoms with E-state index in [1.807, 2.05) is 47.9 Å². The summed E-state index contributed by atoms with van der Waals surface area (Å²) in [5, 5.41) is 20.8. The lowest BCUT2D eigenvalue weighted by Crippen LogP contribution is -2.20. The van der Waals surface area contributed by atoms with Gasteiger partial charge in [0.25, 0.3) is 11.5 Å². The minimum absolute atomic E-state index is 0.0647. The Hall–Kier alpha value is -3.48. The summed E-state index contributed by atoms with van der Waals surface area (Å²) >= 11 is 0. The van der Waals surface area contributed by atoms with Gasteiger partial charge in [0.15, 0.2) is 5.69 Å². The van der Waals surface area contributed by atoms with Crippen LogP contribution in [0.15, 0.2) is 63.6 Å². The van der Waals surface area contributed by atoms with Gasteiger partial charge in [-0.1, -0.05) is 44.2 Å². The molecule has 7 nitrogen and oxygen atoms in total. The molecule has 0 bridgehead atoms. The van der Waals surface area contributed by atoms with Gasteiger partial charge in [-0.3, -0.25) is 9.36 Å². The zero-order valence-electron chi connectivity index (χ0n) is 16.7. The Morgan fingerprint density at radius 1 is 1.00 bits per heavy atom. The summed E-state index contributed by atoms with van der Waals surface area (Å²) in [5.74, 6) is 0.639. The Bertz CT molecular complexity index is 1280. The van der Waals surface area contributed by atoms with Crippen LogP contribution < -0.4 is 5.56 Å². The quantitative estimate of drug-likeness (QED) is 0.479. The molecule has 0 aliphatic carbocycles. The average molecular weight is 389 g/mol. The van der Waals surface area contributed by atoms with Crippen LogP contribution in [0.2, 0.25) is 0 Å². The molecule has 148 valence electrons. The first kappa shape index (κ1) is 18.9. The number of aromatic nitrogens is 3. The first-order valence-corrected chi connectivity index (χ1v) is 9.72. The molecule has 2 aromatic heterocycles. The van der Waals surface area contributed by atoms with E-state index in [2.05, 4.69) is 29.1 Å². The van der Waals surface area contributed by atoms with Gasteiger partial charge in [0, 0.05) is 18.5 Å². The normalized spacial score (nSPS) is 12.0. The molecule has 0 radical (unpaired) electrons. The van der Waals surface area contributed by atoms with Gasteiger partial charge in [-0.05, 0) is 31.0 Å². The lowest BCUT2D eigenvalue weighted by molar-refractivity contribution is 0.401. The topological polar surface area (TPSA) is 84.8 Å². The van der Waals surface area contributed by atoms with E-state index in [1.54, 1.807) is 12.1 Å². The number of fused-ring (bicyclic) bond motifs is 2. The molecular formula is C22H23N5O2. The Balaban J connectivity index is 1.88. The van der Waals surface area contributed by atoms with Crippen LogP contribution in [0.1, 0.15) is 20.8 Å². The van der Waals surface area contributed by atoms with E-state index in [9.17, 15) is 9.90 Å². The molecule has 0 aliphatic rings. The molecule has 0 aliphatic heterocycles. The molecule has 0 amide bonds. The fourth-order valence-corrected chi connectivity index (χ4v) is 3.53. The SMILES string of the molecule is CCn1c(N=Nc2c(O)n(CC(C)C)c3ccccc23)nc2ccccc2c1=O. The minimum atomic E-state index is -0.154. The Labute approximate surface area is 168 Å². The van der Waals surface area contributed by atoms with Crippen LogP contribution >= 0.6 is 0 Å². The molecule has 29 heavy (non-hydrogen) atoms. The van der Waals surface area contributed by atoms with E-state index < -0.39 is 0 Å². The standard InChI is InChI=1S/C22H23N5O2/c1-4-26-20(28)15-9-5-7-11-17(15)23-22(26)25-24-19-16-10-6-8-12-18(16)27(21(19)29)13-14(2)3/h5-12,14,29H,4,13H2,1-3H3. The van der Waals surface area contributed by atoms with Crippen molar-refractivity contribution in [3.63, 3.8) is 0 Å². The highest BCUT2D eigenvalue weighted by Crippen LogP contribution is 2.39. The van der Waals surface area contributed by atoms with Crippen molar-refractivity contribution in [1.82, 2.24) is 14.1 Å². The summed E-state index contributed by atoms with van der Waals surface area (Å²) < 4.78 is 3.32. The van der Waals surface area contributed by atoms with Gasteiger partial charge in [-0.2, -0.15) is 0 Å². The smallest absolute Gasteiger partial charge is 0.262 e. The number of aromatic hydroxyl groups is 1. The van der Waals surface area contributed by atoms with E-state index >= 15 is 0 Å². The average Bonchev–Trinajstić information content (AvgIpc) is 2.97. The lowest BCUT2D eigenvalue weighted by Gasteiger charge is -2.09. The third-order valence-electron chi connectivity index (χ3n) is 4.86. The van der Waals surface area contributed by atoms with Gasteiger partial charge >= 0.3 is 0 Å². The van der Waals surface area contributed by atoms with E-state index in [1.165, 1.54) is 4.57 Å². The fourth-order valence-electron chi connectivity index (χ4n) is 3.53. The number of hydrogen-bond acceptors (Lipinski definition) is 5. The van der Waals surface area contributed by atoms with Crippen molar-refractivity contribution < 1.29 is 5.11 Å². The second kappa shape index (κ2) is 7.50. The number of azo groups is 1. The van der Waals surface area contributed by atoms with Crippen LogP contribution in [0.25, 0.3) is 21.8 Å². The fraction of sp³-hybridized carbons (Fsp3) is 0.273. The Kier molecular flexibility index (Phi) is 4.88. The molecule has 4 aromatic rings.